The number of carbonyl (C=O) groups is 1. The Morgan fingerprint density at radius 2 is 1.87 bits per heavy atom. The Bertz CT molecular complexity index is 1100. The molecule has 1 aromatic carbocycles. The van der Waals surface area contributed by atoms with Gasteiger partial charge in [0.15, 0.2) is 0 Å². The average molecular weight is 417 g/mol. The van der Waals surface area contributed by atoms with Crippen molar-refractivity contribution in [3.8, 4) is 11.3 Å². The SMILES string of the molecule is C=CC(=O)N1CC[C@@H](n2nc(-c3ccc(N4CCN(C)CC4)cc3)c3cnccc32)C1. The molecule has 0 radical (unpaired) electrons. The number of carbonyl (C=O) groups excluding carboxylic acids is 1. The van der Waals surface area contributed by atoms with Crippen molar-refractivity contribution in [1.82, 2.24) is 24.6 Å². The molecule has 2 saturated heterocycles. The van der Waals surface area contributed by atoms with Gasteiger partial charge in [-0.25, -0.2) is 0 Å². The van der Waals surface area contributed by atoms with Crippen LogP contribution in [-0.4, -0.2) is 76.8 Å². The van der Waals surface area contributed by atoms with Crippen LogP contribution in [0.15, 0.2) is 55.4 Å². The van der Waals surface area contributed by atoms with Crippen molar-refractivity contribution in [2.75, 3.05) is 51.2 Å². The summed E-state index contributed by atoms with van der Waals surface area (Å²) in [7, 11) is 2.17. The molecule has 7 nitrogen and oxygen atoms in total. The summed E-state index contributed by atoms with van der Waals surface area (Å²) < 4.78 is 2.08. The molecule has 2 aromatic heterocycles. The van der Waals surface area contributed by atoms with Crippen LogP contribution >= 0.6 is 0 Å². The number of pyridine rings is 1. The molecule has 7 heteroatoms. The molecule has 0 spiro atoms. The summed E-state index contributed by atoms with van der Waals surface area (Å²) in [4.78, 5) is 23.0. The van der Waals surface area contributed by atoms with Gasteiger partial charge in [0, 0.05) is 68.3 Å². The Labute approximate surface area is 182 Å². The van der Waals surface area contributed by atoms with Crippen molar-refractivity contribution in [3.63, 3.8) is 0 Å². The number of hydrogen-bond donors (Lipinski definition) is 0. The molecular formula is C24H28N6O. The van der Waals surface area contributed by atoms with E-state index in [-0.39, 0.29) is 11.9 Å². The fraction of sp³-hybridized carbons (Fsp3) is 0.375. The lowest BCUT2D eigenvalue weighted by Crippen LogP contribution is -2.44. The number of benzene rings is 1. The normalized spacial score (nSPS) is 19.8. The molecule has 3 aromatic rings. The Hall–Kier alpha value is -3.19. The van der Waals surface area contributed by atoms with E-state index in [1.807, 2.05) is 23.4 Å². The van der Waals surface area contributed by atoms with E-state index < -0.39 is 0 Å². The molecule has 0 saturated carbocycles. The zero-order chi connectivity index (χ0) is 21.4. The van der Waals surface area contributed by atoms with Crippen LogP contribution in [0.5, 0.6) is 0 Å². The lowest BCUT2D eigenvalue weighted by atomic mass is 10.1. The maximum atomic E-state index is 12.0. The van der Waals surface area contributed by atoms with Crippen LogP contribution in [0.2, 0.25) is 0 Å². The van der Waals surface area contributed by atoms with Crippen LogP contribution in [-0.2, 0) is 4.79 Å². The number of hydrogen-bond acceptors (Lipinski definition) is 5. The van der Waals surface area contributed by atoms with Crippen molar-refractivity contribution in [3.05, 3.63) is 55.4 Å². The van der Waals surface area contributed by atoms with Crippen molar-refractivity contribution in [2.24, 2.45) is 0 Å². The quantitative estimate of drug-likeness (QED) is 0.612. The fourth-order valence-electron chi connectivity index (χ4n) is 4.64. The van der Waals surface area contributed by atoms with Crippen LogP contribution in [0.4, 0.5) is 5.69 Å². The van der Waals surface area contributed by atoms with E-state index in [4.69, 9.17) is 5.10 Å². The molecule has 2 aliphatic rings. The highest BCUT2D eigenvalue weighted by molar-refractivity contribution is 5.93. The zero-order valence-electron chi connectivity index (χ0n) is 17.9. The number of nitrogens with zero attached hydrogens (tertiary/aromatic N) is 6. The average Bonchev–Trinajstić information content (AvgIpc) is 3.44. The highest BCUT2D eigenvalue weighted by Gasteiger charge is 2.28. The molecule has 5 rings (SSSR count). The molecule has 160 valence electrons. The van der Waals surface area contributed by atoms with Gasteiger partial charge in [-0.1, -0.05) is 18.7 Å². The topological polar surface area (TPSA) is 57.5 Å². The number of amides is 1. The van der Waals surface area contributed by atoms with E-state index in [1.165, 1.54) is 11.8 Å². The molecule has 2 aliphatic heterocycles. The smallest absolute Gasteiger partial charge is 0.246 e. The fourth-order valence-corrected chi connectivity index (χ4v) is 4.64. The van der Waals surface area contributed by atoms with Gasteiger partial charge in [0.25, 0.3) is 0 Å². The number of likely N-dealkylation sites (tertiary alicyclic amines) is 1. The molecule has 1 amide bonds. The molecule has 2 fully saturated rings. The van der Waals surface area contributed by atoms with Gasteiger partial charge in [-0.2, -0.15) is 5.10 Å². The Morgan fingerprint density at radius 3 is 2.61 bits per heavy atom. The molecule has 0 N–H and O–H groups in total. The number of piperazine rings is 1. The second-order valence-electron chi connectivity index (χ2n) is 8.45. The summed E-state index contributed by atoms with van der Waals surface area (Å²) in [6, 6.07) is 10.9. The minimum Gasteiger partial charge on any atom is -0.369 e. The van der Waals surface area contributed by atoms with Crippen molar-refractivity contribution in [1.29, 1.82) is 0 Å². The Kier molecular flexibility index (Phi) is 5.19. The molecule has 1 atom stereocenters. The van der Waals surface area contributed by atoms with E-state index >= 15 is 0 Å². The largest absolute Gasteiger partial charge is 0.369 e. The first-order chi connectivity index (χ1) is 15.1. The Morgan fingerprint density at radius 1 is 1.10 bits per heavy atom. The molecule has 0 aliphatic carbocycles. The van der Waals surface area contributed by atoms with Gasteiger partial charge in [0.1, 0.15) is 5.69 Å². The number of fused-ring (bicyclic) bond motifs is 1. The summed E-state index contributed by atoms with van der Waals surface area (Å²) in [5.41, 5.74) is 4.35. The van der Waals surface area contributed by atoms with Gasteiger partial charge in [-0.15, -0.1) is 0 Å². The first-order valence-corrected chi connectivity index (χ1v) is 10.9. The van der Waals surface area contributed by atoms with E-state index in [9.17, 15) is 4.79 Å². The first-order valence-electron chi connectivity index (χ1n) is 10.9. The minimum absolute atomic E-state index is 0.0136. The summed E-state index contributed by atoms with van der Waals surface area (Å²) in [5.74, 6) is -0.0136. The van der Waals surface area contributed by atoms with E-state index in [0.29, 0.717) is 6.54 Å². The number of anilines is 1. The molecule has 0 unspecified atom stereocenters. The molecule has 4 heterocycles. The third kappa shape index (κ3) is 3.70. The lowest BCUT2D eigenvalue weighted by Gasteiger charge is -2.34. The summed E-state index contributed by atoms with van der Waals surface area (Å²) in [6.07, 6.45) is 5.98. The van der Waals surface area contributed by atoms with Crippen LogP contribution in [0.3, 0.4) is 0 Å². The minimum atomic E-state index is -0.0136. The molecule has 31 heavy (non-hydrogen) atoms. The molecule has 0 bridgehead atoms. The maximum Gasteiger partial charge on any atom is 0.246 e. The van der Waals surface area contributed by atoms with Crippen molar-refractivity contribution >= 4 is 22.5 Å². The lowest BCUT2D eigenvalue weighted by molar-refractivity contribution is -0.125. The zero-order valence-corrected chi connectivity index (χ0v) is 17.9. The second-order valence-corrected chi connectivity index (χ2v) is 8.45. The van der Waals surface area contributed by atoms with Gasteiger partial charge in [-0.05, 0) is 37.7 Å². The number of aromatic nitrogens is 3. The third-order valence-electron chi connectivity index (χ3n) is 6.51. The van der Waals surface area contributed by atoms with Gasteiger partial charge in [0.2, 0.25) is 5.91 Å². The highest BCUT2D eigenvalue weighted by Crippen LogP contribution is 2.33. The van der Waals surface area contributed by atoms with Gasteiger partial charge in [0.05, 0.1) is 11.6 Å². The summed E-state index contributed by atoms with van der Waals surface area (Å²) in [6.45, 7) is 9.30. The predicted molar refractivity (Wildman–Crippen MR) is 123 cm³/mol. The van der Waals surface area contributed by atoms with Gasteiger partial charge < -0.3 is 14.7 Å². The maximum absolute atomic E-state index is 12.0. The predicted octanol–water partition coefficient (Wildman–Crippen LogP) is 2.81. The van der Waals surface area contributed by atoms with Gasteiger partial charge in [-0.3, -0.25) is 14.5 Å². The van der Waals surface area contributed by atoms with Crippen LogP contribution in [0.25, 0.3) is 22.2 Å². The van der Waals surface area contributed by atoms with Crippen LogP contribution in [0, 0.1) is 0 Å². The van der Waals surface area contributed by atoms with E-state index in [1.54, 1.807) is 0 Å². The van der Waals surface area contributed by atoms with E-state index in [0.717, 1.165) is 61.3 Å². The van der Waals surface area contributed by atoms with Gasteiger partial charge >= 0.3 is 0 Å². The third-order valence-corrected chi connectivity index (χ3v) is 6.51. The standard InChI is InChI=1S/C24H28N6O/c1-3-23(31)29-11-9-20(17-29)30-22-8-10-25-16-21(22)24(26-30)18-4-6-19(7-5-18)28-14-12-27(2)13-15-28/h3-8,10,16,20H,1,9,11-15,17H2,2H3/t20-/m1/s1. The van der Waals surface area contributed by atoms with Crippen LogP contribution in [0.1, 0.15) is 12.5 Å². The summed E-state index contributed by atoms with van der Waals surface area (Å²) >= 11 is 0. The van der Waals surface area contributed by atoms with Crippen molar-refractivity contribution in [2.45, 2.75) is 12.5 Å². The first kappa shape index (κ1) is 19.8. The van der Waals surface area contributed by atoms with Crippen molar-refractivity contribution < 1.29 is 4.79 Å². The number of rotatable bonds is 4. The highest BCUT2D eigenvalue weighted by atomic mass is 16.2. The Balaban J connectivity index is 1.44. The number of likely N-dealkylation sites (N-methyl/N-ethyl adjacent to an activating group) is 1. The molecular weight excluding hydrogens is 388 g/mol. The summed E-state index contributed by atoms with van der Waals surface area (Å²) in [5, 5.41) is 6.05. The second kappa shape index (κ2) is 8.15. The monoisotopic (exact) mass is 416 g/mol. The van der Waals surface area contributed by atoms with E-state index in [2.05, 4.69) is 57.4 Å². The van der Waals surface area contributed by atoms with Crippen LogP contribution < -0.4 is 4.90 Å².